The fourth-order valence-electron chi connectivity index (χ4n) is 4.79. The van der Waals surface area contributed by atoms with Gasteiger partial charge in [-0.2, -0.15) is 0 Å². The number of amides is 1. The van der Waals surface area contributed by atoms with Crippen LogP contribution in [0.15, 0.2) is 41.1 Å². The fraction of sp³-hybridized carbons (Fsp3) is 0.435. The Balaban J connectivity index is 1.63. The zero-order valence-electron chi connectivity index (χ0n) is 17.7. The van der Waals surface area contributed by atoms with Crippen molar-refractivity contribution in [3.8, 4) is 11.5 Å². The van der Waals surface area contributed by atoms with Gasteiger partial charge in [0.2, 0.25) is 0 Å². The molecule has 1 aromatic heterocycles. The predicted molar refractivity (Wildman–Crippen MR) is 123 cm³/mol. The van der Waals surface area contributed by atoms with Crippen molar-refractivity contribution in [2.75, 3.05) is 18.6 Å². The number of nitrogens with zero attached hydrogens (tertiary/aromatic N) is 2. The lowest BCUT2D eigenvalue weighted by Gasteiger charge is -2.37. The predicted octanol–water partition coefficient (Wildman–Crippen LogP) is 4.42. The van der Waals surface area contributed by atoms with E-state index in [4.69, 9.17) is 14.2 Å². The molecule has 1 amide bonds. The van der Waals surface area contributed by atoms with Crippen LogP contribution in [-0.4, -0.2) is 41.3 Å². The van der Waals surface area contributed by atoms with Crippen LogP contribution >= 0.6 is 27.3 Å². The van der Waals surface area contributed by atoms with Gasteiger partial charge < -0.3 is 14.2 Å². The number of ether oxygens (including phenoxy) is 3. The maximum absolute atomic E-state index is 13.7. The van der Waals surface area contributed by atoms with E-state index in [9.17, 15) is 9.59 Å². The summed E-state index contributed by atoms with van der Waals surface area (Å²) in [5.41, 5.74) is 1.17. The van der Waals surface area contributed by atoms with Crippen molar-refractivity contribution < 1.29 is 23.8 Å². The molecular weight excluding hydrogens is 496 g/mol. The van der Waals surface area contributed by atoms with Gasteiger partial charge in [0.15, 0.2) is 28.2 Å². The topological polar surface area (TPSA) is 78.0 Å². The standard InChI is InChI=1S/C23H23BrN2O5S/c1-3-30-16-6-4-12(10-17(16)29-2)19-18-20(27)14-11-13(24)5-7-15(14)31-21(18)22(28)26(19)23-25-8-9-32-23/h4,6,8-10,13-15,19H,3,5,7,11H2,1-2H3. The van der Waals surface area contributed by atoms with Crippen LogP contribution in [0.2, 0.25) is 0 Å². The minimum absolute atomic E-state index is 0.00865. The molecule has 0 bridgehead atoms. The molecule has 4 atom stereocenters. The van der Waals surface area contributed by atoms with Crippen molar-refractivity contribution in [1.82, 2.24) is 4.98 Å². The van der Waals surface area contributed by atoms with Crippen LogP contribution in [0.5, 0.6) is 11.5 Å². The first kappa shape index (κ1) is 21.5. The third-order valence-electron chi connectivity index (χ3n) is 6.21. The number of carbonyl (C=O) groups excluding carboxylic acids is 2. The number of hydrogen-bond donors (Lipinski definition) is 0. The molecule has 3 aliphatic rings. The highest BCUT2D eigenvalue weighted by molar-refractivity contribution is 9.09. The molecule has 2 aliphatic heterocycles. The molecule has 0 N–H and O–H groups in total. The molecule has 9 heteroatoms. The largest absolute Gasteiger partial charge is 0.493 e. The molecule has 1 saturated carbocycles. The van der Waals surface area contributed by atoms with Crippen molar-refractivity contribution in [2.24, 2.45) is 5.92 Å². The first-order valence-electron chi connectivity index (χ1n) is 10.7. The van der Waals surface area contributed by atoms with Gasteiger partial charge in [-0.05, 0) is 43.9 Å². The Morgan fingerprint density at radius 3 is 2.84 bits per heavy atom. The quantitative estimate of drug-likeness (QED) is 0.545. The molecule has 1 aliphatic carbocycles. The summed E-state index contributed by atoms with van der Waals surface area (Å²) in [6.07, 6.45) is 3.75. The first-order chi connectivity index (χ1) is 15.5. The molecule has 2 aromatic rings. The van der Waals surface area contributed by atoms with Crippen LogP contribution in [0, 0.1) is 5.92 Å². The van der Waals surface area contributed by atoms with Gasteiger partial charge in [0.25, 0.3) is 5.91 Å². The summed E-state index contributed by atoms with van der Waals surface area (Å²) < 4.78 is 17.4. The molecule has 0 radical (unpaired) electrons. The van der Waals surface area contributed by atoms with Crippen molar-refractivity contribution >= 4 is 44.1 Å². The molecule has 1 fully saturated rings. The summed E-state index contributed by atoms with van der Waals surface area (Å²) in [6.45, 7) is 2.40. The number of thiazole rings is 1. The number of methoxy groups -OCH3 is 1. The summed E-state index contributed by atoms with van der Waals surface area (Å²) in [6, 6.07) is 4.88. The number of hydrogen-bond acceptors (Lipinski definition) is 7. The van der Waals surface area contributed by atoms with E-state index in [0.717, 1.165) is 18.4 Å². The first-order valence-corrected chi connectivity index (χ1v) is 12.5. The highest BCUT2D eigenvalue weighted by Crippen LogP contribution is 2.50. The van der Waals surface area contributed by atoms with E-state index in [1.54, 1.807) is 18.2 Å². The van der Waals surface area contributed by atoms with Crippen LogP contribution in [-0.2, 0) is 14.3 Å². The van der Waals surface area contributed by atoms with Crippen LogP contribution in [0.1, 0.15) is 37.8 Å². The Labute approximate surface area is 198 Å². The van der Waals surface area contributed by atoms with Crippen molar-refractivity contribution in [2.45, 2.75) is 43.2 Å². The molecule has 5 rings (SSSR count). The number of halogens is 1. The van der Waals surface area contributed by atoms with Gasteiger partial charge in [0.1, 0.15) is 6.10 Å². The molecule has 4 unspecified atom stereocenters. The van der Waals surface area contributed by atoms with Gasteiger partial charge in [-0.25, -0.2) is 4.98 Å². The number of ketones is 1. The lowest BCUT2D eigenvalue weighted by Crippen LogP contribution is -2.41. The number of Topliss-reactive ketones (excluding diaryl/α,β-unsaturated/α-hetero) is 1. The number of rotatable bonds is 5. The fourth-order valence-corrected chi connectivity index (χ4v) is 6.13. The second kappa shape index (κ2) is 8.51. The lowest BCUT2D eigenvalue weighted by molar-refractivity contribution is -0.131. The molecule has 0 saturated heterocycles. The number of anilines is 1. The maximum atomic E-state index is 13.7. The summed E-state index contributed by atoms with van der Waals surface area (Å²) >= 11 is 5.02. The second-order valence-electron chi connectivity index (χ2n) is 8.02. The summed E-state index contributed by atoms with van der Waals surface area (Å²) in [5.74, 6) is 0.732. The summed E-state index contributed by atoms with van der Waals surface area (Å²) in [5, 5.41) is 2.34. The van der Waals surface area contributed by atoms with Gasteiger partial charge in [-0.15, -0.1) is 11.3 Å². The van der Waals surface area contributed by atoms with Gasteiger partial charge in [0.05, 0.1) is 31.2 Å². The SMILES string of the molecule is CCOc1ccc(C2C3=C(OC4CCC(Br)CC4C3=O)C(=O)N2c2nccs2)cc1OC. The van der Waals surface area contributed by atoms with E-state index in [0.29, 0.717) is 35.2 Å². The highest BCUT2D eigenvalue weighted by Gasteiger charge is 2.53. The Bertz CT molecular complexity index is 1090. The third kappa shape index (κ3) is 3.42. The van der Waals surface area contributed by atoms with Crippen molar-refractivity contribution in [3.63, 3.8) is 0 Å². The van der Waals surface area contributed by atoms with Crippen LogP contribution in [0.4, 0.5) is 5.13 Å². The molecule has 0 spiro atoms. The van der Waals surface area contributed by atoms with Crippen molar-refractivity contribution in [3.05, 3.63) is 46.7 Å². The summed E-state index contributed by atoms with van der Waals surface area (Å²) in [4.78, 5) is 33.5. The minimum atomic E-state index is -0.627. The van der Waals surface area contributed by atoms with Crippen LogP contribution in [0.25, 0.3) is 0 Å². The van der Waals surface area contributed by atoms with E-state index in [1.807, 2.05) is 30.5 Å². The smallest absolute Gasteiger partial charge is 0.296 e. The zero-order chi connectivity index (χ0) is 22.4. The molecule has 32 heavy (non-hydrogen) atoms. The van der Waals surface area contributed by atoms with Gasteiger partial charge in [-0.3, -0.25) is 14.5 Å². The van der Waals surface area contributed by atoms with E-state index < -0.39 is 6.04 Å². The highest BCUT2D eigenvalue weighted by atomic mass is 79.9. The normalized spacial score (nSPS) is 27.2. The number of alkyl halides is 1. The maximum Gasteiger partial charge on any atom is 0.296 e. The molecular formula is C23H23BrN2O5S. The van der Waals surface area contributed by atoms with Crippen molar-refractivity contribution in [1.29, 1.82) is 0 Å². The number of carbonyl (C=O) groups is 2. The van der Waals surface area contributed by atoms with Gasteiger partial charge in [0, 0.05) is 16.4 Å². The Morgan fingerprint density at radius 1 is 1.28 bits per heavy atom. The van der Waals surface area contributed by atoms with E-state index in [-0.39, 0.29) is 34.3 Å². The van der Waals surface area contributed by atoms with E-state index >= 15 is 0 Å². The van der Waals surface area contributed by atoms with Gasteiger partial charge >= 0.3 is 0 Å². The molecule has 7 nitrogen and oxygen atoms in total. The van der Waals surface area contributed by atoms with Crippen LogP contribution < -0.4 is 14.4 Å². The monoisotopic (exact) mass is 518 g/mol. The zero-order valence-corrected chi connectivity index (χ0v) is 20.1. The molecule has 168 valence electrons. The van der Waals surface area contributed by atoms with Gasteiger partial charge in [-0.1, -0.05) is 22.0 Å². The molecule has 3 heterocycles. The Kier molecular flexibility index (Phi) is 5.71. The average molecular weight is 519 g/mol. The van der Waals surface area contributed by atoms with E-state index in [2.05, 4.69) is 20.9 Å². The Hall–Kier alpha value is -2.39. The number of fused-ring (bicyclic) bond motifs is 1. The Morgan fingerprint density at radius 2 is 2.12 bits per heavy atom. The number of benzene rings is 1. The average Bonchev–Trinajstić information content (AvgIpc) is 3.41. The second-order valence-corrected chi connectivity index (χ2v) is 10.2. The third-order valence-corrected chi connectivity index (χ3v) is 7.81. The lowest BCUT2D eigenvalue weighted by atomic mass is 9.77. The molecule has 1 aromatic carbocycles. The minimum Gasteiger partial charge on any atom is -0.493 e. The number of aromatic nitrogens is 1. The summed E-state index contributed by atoms with van der Waals surface area (Å²) in [7, 11) is 1.57. The van der Waals surface area contributed by atoms with Crippen LogP contribution in [0.3, 0.4) is 0 Å². The van der Waals surface area contributed by atoms with E-state index in [1.165, 1.54) is 11.3 Å².